The molecule has 1 saturated carbocycles. The second-order valence-corrected chi connectivity index (χ2v) is 6.09. The molecular weight excluding hydrogens is 272 g/mol. The van der Waals surface area contributed by atoms with Crippen LogP contribution in [0.5, 0.6) is 11.5 Å². The van der Waals surface area contributed by atoms with Gasteiger partial charge in [0.2, 0.25) is 6.79 Å². The molecule has 4 nitrogen and oxygen atoms in total. The van der Waals surface area contributed by atoms with E-state index in [2.05, 4.69) is 15.7 Å². The lowest BCUT2D eigenvalue weighted by Gasteiger charge is -2.09. The minimum absolute atomic E-state index is 0.310. The van der Waals surface area contributed by atoms with Crippen molar-refractivity contribution in [2.75, 3.05) is 12.1 Å². The van der Waals surface area contributed by atoms with E-state index in [4.69, 9.17) is 9.47 Å². The number of hydrogen-bond donors (Lipinski definition) is 1. The smallest absolute Gasteiger partial charge is 0.231 e. The number of hydrogen-bond acceptors (Lipinski definition) is 5. The topological polar surface area (TPSA) is 43.4 Å². The van der Waals surface area contributed by atoms with E-state index >= 15 is 0 Å². The number of thiazole rings is 1. The summed E-state index contributed by atoms with van der Waals surface area (Å²) >= 11 is 1.67. The highest BCUT2D eigenvalue weighted by molar-refractivity contribution is 7.14. The van der Waals surface area contributed by atoms with Gasteiger partial charge < -0.3 is 14.8 Å². The standard InChI is InChI=1S/C15H16N2O2S/c1-2-4-11(3-1)16-15-17-12(8-20-15)10-5-6-13-14(7-10)19-9-18-13/h5-8,11H,1-4,9H2,(H,16,17). The molecule has 1 aliphatic heterocycles. The van der Waals surface area contributed by atoms with Gasteiger partial charge in [-0.1, -0.05) is 12.8 Å². The molecule has 0 radical (unpaired) electrons. The van der Waals surface area contributed by atoms with Crippen LogP contribution in [-0.2, 0) is 0 Å². The Balaban J connectivity index is 1.55. The van der Waals surface area contributed by atoms with Crippen molar-refractivity contribution in [2.24, 2.45) is 0 Å². The van der Waals surface area contributed by atoms with Crippen molar-refractivity contribution in [1.82, 2.24) is 4.98 Å². The highest BCUT2D eigenvalue weighted by Crippen LogP contribution is 2.36. The van der Waals surface area contributed by atoms with E-state index in [0.717, 1.165) is 27.9 Å². The number of anilines is 1. The van der Waals surface area contributed by atoms with Gasteiger partial charge in [0.25, 0.3) is 0 Å². The van der Waals surface area contributed by atoms with Crippen molar-refractivity contribution >= 4 is 16.5 Å². The molecule has 0 amide bonds. The van der Waals surface area contributed by atoms with Crippen LogP contribution in [0.15, 0.2) is 23.6 Å². The number of rotatable bonds is 3. The molecule has 5 heteroatoms. The van der Waals surface area contributed by atoms with Gasteiger partial charge in [-0.05, 0) is 31.0 Å². The third kappa shape index (κ3) is 2.22. The predicted octanol–water partition coefficient (Wildman–Crippen LogP) is 3.89. The first-order chi connectivity index (χ1) is 9.88. The monoisotopic (exact) mass is 288 g/mol. The SMILES string of the molecule is c1cc2c(cc1-c1csc(NC3CCCC3)n1)OCO2. The van der Waals surface area contributed by atoms with E-state index in [1.165, 1.54) is 25.7 Å². The highest BCUT2D eigenvalue weighted by atomic mass is 32.1. The molecule has 4 rings (SSSR count). The molecule has 20 heavy (non-hydrogen) atoms. The highest BCUT2D eigenvalue weighted by Gasteiger charge is 2.17. The van der Waals surface area contributed by atoms with Crippen LogP contribution in [0.3, 0.4) is 0 Å². The number of nitrogens with zero attached hydrogens (tertiary/aromatic N) is 1. The summed E-state index contributed by atoms with van der Waals surface area (Å²) < 4.78 is 10.7. The maximum atomic E-state index is 5.41. The van der Waals surface area contributed by atoms with Crippen LogP contribution < -0.4 is 14.8 Å². The van der Waals surface area contributed by atoms with E-state index in [1.54, 1.807) is 11.3 Å². The minimum atomic E-state index is 0.310. The van der Waals surface area contributed by atoms with Crippen molar-refractivity contribution in [3.05, 3.63) is 23.6 Å². The van der Waals surface area contributed by atoms with Gasteiger partial charge >= 0.3 is 0 Å². The zero-order chi connectivity index (χ0) is 13.4. The Morgan fingerprint density at radius 1 is 1.15 bits per heavy atom. The first-order valence-corrected chi connectivity index (χ1v) is 7.88. The summed E-state index contributed by atoms with van der Waals surface area (Å²) in [5.74, 6) is 1.62. The van der Waals surface area contributed by atoms with Crippen LogP contribution in [0.25, 0.3) is 11.3 Å². The molecule has 1 aromatic heterocycles. The average Bonchev–Trinajstić information content (AvgIpc) is 3.19. The maximum absolute atomic E-state index is 5.41. The molecule has 0 unspecified atom stereocenters. The van der Waals surface area contributed by atoms with Crippen molar-refractivity contribution in [2.45, 2.75) is 31.7 Å². The van der Waals surface area contributed by atoms with Crippen molar-refractivity contribution in [3.8, 4) is 22.8 Å². The average molecular weight is 288 g/mol. The largest absolute Gasteiger partial charge is 0.454 e. The lowest BCUT2D eigenvalue weighted by molar-refractivity contribution is 0.174. The number of nitrogens with one attached hydrogen (secondary N) is 1. The number of benzene rings is 1. The second-order valence-electron chi connectivity index (χ2n) is 5.23. The van der Waals surface area contributed by atoms with Gasteiger partial charge in [0, 0.05) is 17.0 Å². The van der Waals surface area contributed by atoms with E-state index in [0.29, 0.717) is 12.8 Å². The van der Waals surface area contributed by atoms with E-state index in [1.807, 2.05) is 18.2 Å². The Morgan fingerprint density at radius 2 is 2.00 bits per heavy atom. The fraction of sp³-hybridized carbons (Fsp3) is 0.400. The Hall–Kier alpha value is -1.75. The molecule has 1 fully saturated rings. The molecule has 0 spiro atoms. The van der Waals surface area contributed by atoms with Gasteiger partial charge in [0.1, 0.15) is 0 Å². The third-order valence-corrected chi connectivity index (χ3v) is 4.63. The molecule has 0 atom stereocenters. The quantitative estimate of drug-likeness (QED) is 0.930. The lowest BCUT2D eigenvalue weighted by Crippen LogP contribution is -2.13. The van der Waals surface area contributed by atoms with Crippen LogP contribution in [0.2, 0.25) is 0 Å². The molecule has 2 heterocycles. The van der Waals surface area contributed by atoms with Gasteiger partial charge in [-0.15, -0.1) is 11.3 Å². The van der Waals surface area contributed by atoms with Gasteiger partial charge in [0.05, 0.1) is 5.69 Å². The number of aromatic nitrogens is 1. The van der Waals surface area contributed by atoms with Gasteiger partial charge in [0.15, 0.2) is 16.6 Å². The van der Waals surface area contributed by atoms with Crippen LogP contribution in [-0.4, -0.2) is 17.8 Å². The third-order valence-electron chi connectivity index (χ3n) is 3.86. The molecule has 1 aromatic carbocycles. The summed E-state index contributed by atoms with van der Waals surface area (Å²) in [5, 5.41) is 6.64. The van der Waals surface area contributed by atoms with E-state index in [-0.39, 0.29) is 0 Å². The summed E-state index contributed by atoms with van der Waals surface area (Å²) in [4.78, 5) is 4.68. The molecule has 1 N–H and O–H groups in total. The van der Waals surface area contributed by atoms with Gasteiger partial charge in [-0.2, -0.15) is 0 Å². The zero-order valence-electron chi connectivity index (χ0n) is 11.1. The Labute approximate surface area is 121 Å². The summed E-state index contributed by atoms with van der Waals surface area (Å²) in [6.45, 7) is 0.310. The van der Waals surface area contributed by atoms with Crippen LogP contribution >= 0.6 is 11.3 Å². The molecule has 2 aliphatic rings. The van der Waals surface area contributed by atoms with Gasteiger partial charge in [-0.3, -0.25) is 0 Å². The van der Waals surface area contributed by atoms with Crippen molar-refractivity contribution in [1.29, 1.82) is 0 Å². The molecular formula is C15H16N2O2S. The van der Waals surface area contributed by atoms with E-state index < -0.39 is 0 Å². The summed E-state index contributed by atoms with van der Waals surface area (Å²) in [6.07, 6.45) is 5.19. The van der Waals surface area contributed by atoms with Gasteiger partial charge in [-0.25, -0.2) is 4.98 Å². The minimum Gasteiger partial charge on any atom is -0.454 e. The number of ether oxygens (including phenoxy) is 2. The Morgan fingerprint density at radius 3 is 2.90 bits per heavy atom. The molecule has 2 aromatic rings. The second kappa shape index (κ2) is 4.98. The Bertz CT molecular complexity index is 620. The van der Waals surface area contributed by atoms with Crippen LogP contribution in [0.1, 0.15) is 25.7 Å². The van der Waals surface area contributed by atoms with Crippen LogP contribution in [0.4, 0.5) is 5.13 Å². The van der Waals surface area contributed by atoms with Crippen molar-refractivity contribution < 1.29 is 9.47 Å². The molecule has 0 bridgehead atoms. The maximum Gasteiger partial charge on any atom is 0.231 e. The van der Waals surface area contributed by atoms with E-state index in [9.17, 15) is 0 Å². The molecule has 0 saturated heterocycles. The predicted molar refractivity (Wildman–Crippen MR) is 79.6 cm³/mol. The van der Waals surface area contributed by atoms with Crippen LogP contribution in [0, 0.1) is 0 Å². The summed E-state index contributed by atoms with van der Waals surface area (Å²) in [7, 11) is 0. The number of fused-ring (bicyclic) bond motifs is 1. The first kappa shape index (κ1) is 12.0. The zero-order valence-corrected chi connectivity index (χ0v) is 11.9. The molecule has 1 aliphatic carbocycles. The normalized spacial score (nSPS) is 17.6. The fourth-order valence-corrected chi connectivity index (χ4v) is 3.57. The van der Waals surface area contributed by atoms with Crippen molar-refractivity contribution in [3.63, 3.8) is 0 Å². The first-order valence-electron chi connectivity index (χ1n) is 7.00. The fourth-order valence-electron chi connectivity index (χ4n) is 2.77. The molecule has 104 valence electrons. The lowest BCUT2D eigenvalue weighted by atomic mass is 10.1. The Kier molecular flexibility index (Phi) is 2.99. The summed E-state index contributed by atoms with van der Waals surface area (Å²) in [6, 6.07) is 6.57. The summed E-state index contributed by atoms with van der Waals surface area (Å²) in [5.41, 5.74) is 2.07.